The molecule has 0 fully saturated rings. The van der Waals surface area contributed by atoms with Gasteiger partial charge in [0.2, 0.25) is 0 Å². The van der Waals surface area contributed by atoms with Crippen molar-refractivity contribution in [3.8, 4) is 22.4 Å². The number of rotatable bonds is 8. The molecule has 0 aliphatic carbocycles. The molecule has 2 aromatic carbocycles. The maximum Gasteiger partial charge on any atom is 0.191 e. The Morgan fingerprint density at radius 2 is 1.54 bits per heavy atom. The van der Waals surface area contributed by atoms with Gasteiger partial charge in [0, 0.05) is 18.9 Å². The maximum atomic E-state index is 10.4. The molecule has 1 aromatic heterocycles. The highest BCUT2D eigenvalue weighted by Crippen LogP contribution is 2.28. The number of aliphatic hydroxyl groups excluding tert-OH is 3. The van der Waals surface area contributed by atoms with Gasteiger partial charge < -0.3 is 19.7 Å². The number of nitrogens with zero attached hydrogens (tertiary/aromatic N) is 1. The molecule has 0 aliphatic rings. The van der Waals surface area contributed by atoms with Crippen LogP contribution in [0.4, 0.5) is 0 Å². The van der Waals surface area contributed by atoms with E-state index in [1.807, 2.05) is 55.5 Å². The Bertz CT molecular complexity index is 881. The first-order chi connectivity index (χ1) is 13.5. The number of benzene rings is 2. The standard InChI is InChI=1S/C21H23ClN2O4/c1-14-23-19(11-28-14)17-6-2-15(3-7-17)16-4-8-18(9-5-16)20(27)10-21(12-25,13-26)24-22/h2-9,11,20,24-27H,10,12-13H2,1H3. The zero-order valence-electron chi connectivity index (χ0n) is 15.5. The van der Waals surface area contributed by atoms with E-state index in [0.717, 1.165) is 22.4 Å². The molecule has 3 rings (SSSR count). The van der Waals surface area contributed by atoms with Gasteiger partial charge in [-0.1, -0.05) is 48.5 Å². The predicted molar refractivity (Wildman–Crippen MR) is 108 cm³/mol. The highest BCUT2D eigenvalue weighted by atomic mass is 35.5. The quantitative estimate of drug-likeness (QED) is 0.432. The minimum Gasteiger partial charge on any atom is -0.449 e. The number of aliphatic hydroxyl groups is 3. The van der Waals surface area contributed by atoms with E-state index in [4.69, 9.17) is 16.2 Å². The average Bonchev–Trinajstić information content (AvgIpc) is 3.18. The Morgan fingerprint density at radius 1 is 1.00 bits per heavy atom. The lowest BCUT2D eigenvalue weighted by molar-refractivity contribution is 0.0526. The fraction of sp³-hybridized carbons (Fsp3) is 0.286. The van der Waals surface area contributed by atoms with Crippen LogP contribution in [0.3, 0.4) is 0 Å². The molecule has 1 heterocycles. The molecule has 7 heteroatoms. The smallest absolute Gasteiger partial charge is 0.191 e. The third-order valence-electron chi connectivity index (χ3n) is 4.82. The van der Waals surface area contributed by atoms with Crippen LogP contribution < -0.4 is 4.84 Å². The fourth-order valence-corrected chi connectivity index (χ4v) is 3.19. The van der Waals surface area contributed by atoms with Crippen LogP contribution in [0.15, 0.2) is 59.2 Å². The Labute approximate surface area is 168 Å². The van der Waals surface area contributed by atoms with E-state index in [9.17, 15) is 15.3 Å². The van der Waals surface area contributed by atoms with E-state index >= 15 is 0 Å². The lowest BCUT2D eigenvalue weighted by Crippen LogP contribution is -2.48. The lowest BCUT2D eigenvalue weighted by atomic mass is 9.91. The summed E-state index contributed by atoms with van der Waals surface area (Å²) in [4.78, 5) is 6.69. The highest BCUT2D eigenvalue weighted by Gasteiger charge is 2.31. The molecule has 28 heavy (non-hydrogen) atoms. The zero-order chi connectivity index (χ0) is 20.1. The first kappa shape index (κ1) is 20.5. The molecule has 3 aromatic rings. The van der Waals surface area contributed by atoms with Crippen LogP contribution in [0, 0.1) is 6.92 Å². The highest BCUT2D eigenvalue weighted by molar-refractivity contribution is 6.13. The van der Waals surface area contributed by atoms with Crippen molar-refractivity contribution in [1.82, 2.24) is 9.82 Å². The predicted octanol–water partition coefficient (Wildman–Crippen LogP) is 3.21. The van der Waals surface area contributed by atoms with E-state index in [0.29, 0.717) is 11.5 Å². The van der Waals surface area contributed by atoms with Gasteiger partial charge in [0.15, 0.2) is 5.89 Å². The molecule has 6 nitrogen and oxygen atoms in total. The van der Waals surface area contributed by atoms with Crippen molar-refractivity contribution in [1.29, 1.82) is 0 Å². The van der Waals surface area contributed by atoms with Gasteiger partial charge in [0.25, 0.3) is 0 Å². The summed E-state index contributed by atoms with van der Waals surface area (Å²) in [5.74, 6) is 0.629. The zero-order valence-corrected chi connectivity index (χ0v) is 16.2. The molecule has 0 saturated carbocycles. The molecule has 1 unspecified atom stereocenters. The second-order valence-corrected chi connectivity index (χ2v) is 7.05. The maximum absolute atomic E-state index is 10.4. The van der Waals surface area contributed by atoms with E-state index in [2.05, 4.69) is 9.82 Å². The number of aryl methyl sites for hydroxylation is 1. The van der Waals surface area contributed by atoms with Crippen LogP contribution in [-0.4, -0.2) is 39.1 Å². The lowest BCUT2D eigenvalue weighted by Gasteiger charge is -2.30. The van der Waals surface area contributed by atoms with Crippen LogP contribution in [-0.2, 0) is 0 Å². The SMILES string of the molecule is Cc1nc(-c2ccc(-c3ccc(C(O)CC(CO)(CO)NCl)cc3)cc2)co1. The molecule has 0 aliphatic heterocycles. The van der Waals surface area contributed by atoms with Gasteiger partial charge in [-0.15, -0.1) is 0 Å². The van der Waals surface area contributed by atoms with Crippen molar-refractivity contribution in [2.45, 2.75) is 25.0 Å². The normalized spacial score (nSPS) is 12.9. The third-order valence-corrected chi connectivity index (χ3v) is 5.22. The molecule has 0 saturated heterocycles. The Kier molecular flexibility index (Phi) is 6.49. The summed E-state index contributed by atoms with van der Waals surface area (Å²) in [6.07, 6.45) is 0.835. The molecule has 0 bridgehead atoms. The molecular formula is C21H23ClN2O4. The summed E-state index contributed by atoms with van der Waals surface area (Å²) >= 11 is 5.63. The number of hydrogen-bond acceptors (Lipinski definition) is 6. The largest absolute Gasteiger partial charge is 0.449 e. The summed E-state index contributed by atoms with van der Waals surface area (Å²) in [5.41, 5.74) is 3.35. The molecule has 0 amide bonds. The number of oxazole rings is 1. The van der Waals surface area contributed by atoms with E-state index < -0.39 is 11.6 Å². The van der Waals surface area contributed by atoms with Crippen molar-refractivity contribution >= 4 is 11.8 Å². The summed E-state index contributed by atoms with van der Waals surface area (Å²) in [5, 5.41) is 29.3. The molecule has 1 atom stereocenters. The van der Waals surface area contributed by atoms with E-state index in [1.165, 1.54) is 0 Å². The number of hydrogen-bond donors (Lipinski definition) is 4. The second kappa shape index (κ2) is 8.86. The van der Waals surface area contributed by atoms with Gasteiger partial charge in [0.1, 0.15) is 12.0 Å². The van der Waals surface area contributed by atoms with Gasteiger partial charge in [-0.25, -0.2) is 9.82 Å². The molecule has 148 valence electrons. The first-order valence-electron chi connectivity index (χ1n) is 8.91. The van der Waals surface area contributed by atoms with Crippen LogP contribution >= 0.6 is 11.8 Å². The first-order valence-corrected chi connectivity index (χ1v) is 9.28. The van der Waals surface area contributed by atoms with Crippen molar-refractivity contribution < 1.29 is 19.7 Å². The van der Waals surface area contributed by atoms with E-state index in [1.54, 1.807) is 6.26 Å². The van der Waals surface area contributed by atoms with Gasteiger partial charge >= 0.3 is 0 Å². The van der Waals surface area contributed by atoms with Gasteiger partial charge in [-0.3, -0.25) is 0 Å². The van der Waals surface area contributed by atoms with Crippen LogP contribution in [0.25, 0.3) is 22.4 Å². The minimum absolute atomic E-state index is 0.0780. The Morgan fingerprint density at radius 3 is 2.00 bits per heavy atom. The third kappa shape index (κ3) is 4.43. The number of nitrogens with one attached hydrogen (secondary N) is 1. The van der Waals surface area contributed by atoms with Gasteiger partial charge in [-0.2, -0.15) is 0 Å². The average molecular weight is 403 g/mol. The van der Waals surface area contributed by atoms with Crippen molar-refractivity contribution in [3.05, 3.63) is 66.2 Å². The Balaban J connectivity index is 1.73. The fourth-order valence-electron chi connectivity index (χ4n) is 2.99. The molecular weight excluding hydrogens is 380 g/mol. The van der Waals surface area contributed by atoms with Gasteiger partial charge in [0.05, 0.1) is 24.9 Å². The van der Waals surface area contributed by atoms with Gasteiger partial charge in [-0.05, 0) is 28.5 Å². The van der Waals surface area contributed by atoms with Crippen LogP contribution in [0.5, 0.6) is 0 Å². The Hall–Kier alpha value is -2.22. The van der Waals surface area contributed by atoms with Crippen LogP contribution in [0.1, 0.15) is 24.0 Å². The van der Waals surface area contributed by atoms with Crippen LogP contribution in [0.2, 0.25) is 0 Å². The minimum atomic E-state index is -1.14. The topological polar surface area (TPSA) is 98.8 Å². The molecule has 0 radical (unpaired) electrons. The second-order valence-electron chi connectivity index (χ2n) is 6.86. The number of halogens is 1. The molecule has 0 spiro atoms. The monoisotopic (exact) mass is 402 g/mol. The van der Waals surface area contributed by atoms with Crippen molar-refractivity contribution in [2.24, 2.45) is 0 Å². The summed E-state index contributed by atoms with van der Waals surface area (Å²) in [6.45, 7) is 1.03. The van der Waals surface area contributed by atoms with E-state index in [-0.39, 0.29) is 19.6 Å². The van der Waals surface area contributed by atoms with Crippen molar-refractivity contribution in [2.75, 3.05) is 13.2 Å². The molecule has 4 N–H and O–H groups in total. The summed E-state index contributed by atoms with van der Waals surface area (Å²) in [7, 11) is 0. The van der Waals surface area contributed by atoms with Crippen molar-refractivity contribution in [3.63, 3.8) is 0 Å². The number of aromatic nitrogens is 1. The summed E-state index contributed by atoms with van der Waals surface area (Å²) < 4.78 is 5.25. The summed E-state index contributed by atoms with van der Waals surface area (Å²) in [6, 6.07) is 15.5.